The van der Waals surface area contributed by atoms with Gasteiger partial charge in [0.1, 0.15) is 36.8 Å². The monoisotopic (exact) mass is 849 g/mol. The van der Waals surface area contributed by atoms with E-state index in [1.54, 1.807) is 0 Å². The minimum atomic E-state index is -4.60. The predicted octanol–water partition coefficient (Wildman–Crippen LogP) is 9.45. The normalized spacial score (nSPS) is 20.4. The number of rotatable bonds is 39. The average Bonchev–Trinajstić information content (AvgIpc) is 3.18. The molecule has 6 atom stereocenters. The van der Waals surface area contributed by atoms with E-state index >= 15 is 0 Å². The number of hydrogen-bond donors (Lipinski definition) is 4. The van der Waals surface area contributed by atoms with E-state index in [-0.39, 0.29) is 19.4 Å². The highest BCUT2D eigenvalue weighted by Gasteiger charge is 2.46. The van der Waals surface area contributed by atoms with Crippen molar-refractivity contribution in [2.45, 2.75) is 243 Å². The third-order valence-electron chi connectivity index (χ3n) is 10.8. The molecule has 0 aromatic rings. The van der Waals surface area contributed by atoms with Gasteiger partial charge in [-0.1, -0.05) is 174 Å². The van der Waals surface area contributed by atoms with Crippen molar-refractivity contribution in [1.29, 1.82) is 0 Å². The van der Waals surface area contributed by atoms with Gasteiger partial charge in [-0.05, 0) is 32.1 Å². The van der Waals surface area contributed by atoms with Crippen LogP contribution < -0.4 is 0 Å². The Morgan fingerprint density at radius 3 is 1.48 bits per heavy atom. The molecular weight excluding hydrogens is 765 g/mol. The Balaban J connectivity index is 2.39. The Labute approximate surface area is 352 Å². The summed E-state index contributed by atoms with van der Waals surface area (Å²) in [6.45, 7) is 3.73. The van der Waals surface area contributed by atoms with Crippen molar-refractivity contribution >= 4 is 22.1 Å². The fraction of sp³-hybridized carbons (Fsp3) is 0.911. The van der Waals surface area contributed by atoms with Crippen LogP contribution in [0.3, 0.4) is 0 Å². The van der Waals surface area contributed by atoms with Crippen LogP contribution in [0.4, 0.5) is 0 Å². The van der Waals surface area contributed by atoms with Crippen molar-refractivity contribution < 1.29 is 56.8 Å². The van der Waals surface area contributed by atoms with Gasteiger partial charge in [0.25, 0.3) is 10.1 Å². The number of hydrogen-bond acceptors (Lipinski definition) is 11. The van der Waals surface area contributed by atoms with E-state index in [0.717, 1.165) is 57.8 Å². The van der Waals surface area contributed by atoms with E-state index in [2.05, 4.69) is 26.0 Å². The van der Waals surface area contributed by atoms with Gasteiger partial charge in [-0.15, -0.1) is 0 Å². The molecule has 2 unspecified atom stereocenters. The summed E-state index contributed by atoms with van der Waals surface area (Å²) >= 11 is 0. The molecule has 0 saturated carbocycles. The van der Waals surface area contributed by atoms with E-state index in [0.29, 0.717) is 12.8 Å². The maximum atomic E-state index is 12.8. The minimum Gasteiger partial charge on any atom is -0.462 e. The summed E-state index contributed by atoms with van der Waals surface area (Å²) in [5.41, 5.74) is 0. The number of ether oxygens (including phenoxy) is 4. The minimum absolute atomic E-state index is 0.168. The first-order valence-electron chi connectivity index (χ1n) is 23.2. The smallest absolute Gasteiger partial charge is 0.306 e. The Kier molecular flexibility index (Phi) is 33.8. The van der Waals surface area contributed by atoms with Gasteiger partial charge in [0.05, 0.1) is 6.61 Å². The average molecular weight is 849 g/mol. The number of allylic oxidation sites excluding steroid dienone is 2. The quantitative estimate of drug-likeness (QED) is 0.0199. The number of unbranched alkanes of at least 4 members (excludes halogenated alkanes) is 25. The van der Waals surface area contributed by atoms with Gasteiger partial charge in [-0.3, -0.25) is 14.1 Å². The Hall–Kier alpha value is -1.61. The fourth-order valence-electron chi connectivity index (χ4n) is 7.19. The van der Waals surface area contributed by atoms with Gasteiger partial charge in [0, 0.05) is 12.8 Å². The zero-order valence-electron chi connectivity index (χ0n) is 36.4. The molecule has 12 nitrogen and oxygen atoms in total. The van der Waals surface area contributed by atoms with Crippen molar-refractivity contribution in [3.63, 3.8) is 0 Å². The maximum absolute atomic E-state index is 12.8. The standard InChI is InChI=1S/C45H84O12S/c1-3-5-7-9-11-13-15-16-17-18-19-20-21-22-24-26-28-30-32-34-41(47)56-38(35-54-40(46)33-31-29-27-25-23-14-12-10-8-6-4-2)36-55-45-44(50)43(49)42(48)39(57-45)37-58(51,52)53/h10,12,38-39,42-45,48-50H,3-9,11,13-37H2,1-2H3,(H,51,52,53)/b12-10+/t38-,39-,42-,43?,44?,45+/m1/s1. The number of aliphatic hydroxyl groups excluding tert-OH is 3. The zero-order valence-corrected chi connectivity index (χ0v) is 37.2. The molecule has 13 heteroatoms. The van der Waals surface area contributed by atoms with Crippen LogP contribution >= 0.6 is 0 Å². The van der Waals surface area contributed by atoms with Crippen molar-refractivity contribution in [2.24, 2.45) is 0 Å². The Morgan fingerprint density at radius 1 is 0.569 bits per heavy atom. The van der Waals surface area contributed by atoms with Gasteiger partial charge in [-0.25, -0.2) is 0 Å². The van der Waals surface area contributed by atoms with Crippen molar-refractivity contribution in [2.75, 3.05) is 19.0 Å². The first-order chi connectivity index (χ1) is 28.0. The third kappa shape index (κ3) is 30.4. The highest BCUT2D eigenvalue weighted by Crippen LogP contribution is 2.24. The highest BCUT2D eigenvalue weighted by molar-refractivity contribution is 7.85. The molecule has 0 radical (unpaired) electrons. The van der Waals surface area contributed by atoms with Crippen molar-refractivity contribution in [1.82, 2.24) is 0 Å². The lowest BCUT2D eigenvalue weighted by Gasteiger charge is -2.40. The number of carbonyl (C=O) groups is 2. The van der Waals surface area contributed by atoms with Crippen LogP contribution in [0.2, 0.25) is 0 Å². The van der Waals surface area contributed by atoms with Crippen LogP contribution in [0, 0.1) is 0 Å². The molecule has 0 bridgehead atoms. The summed E-state index contributed by atoms with van der Waals surface area (Å²) < 4.78 is 54.0. The number of esters is 2. The SMILES string of the molecule is CCCC/C=C/CCCCCCCC(=O)OC[C@H](CO[C@H]1O[C@H](CS(=O)(=O)O)[C@@H](O)C(O)C1O)OC(=O)CCCCCCCCCCCCCCCCCCCCC. The molecule has 1 heterocycles. The van der Waals surface area contributed by atoms with Crippen LogP contribution in [-0.2, 0) is 38.7 Å². The van der Waals surface area contributed by atoms with E-state index in [9.17, 15) is 37.9 Å². The first kappa shape index (κ1) is 54.4. The lowest BCUT2D eigenvalue weighted by Crippen LogP contribution is -2.60. The molecule has 1 rings (SSSR count). The van der Waals surface area contributed by atoms with Crippen LogP contribution in [-0.4, -0.2) is 96.0 Å². The van der Waals surface area contributed by atoms with Crippen LogP contribution in [0.25, 0.3) is 0 Å². The second-order valence-corrected chi connectivity index (χ2v) is 17.9. The highest BCUT2D eigenvalue weighted by atomic mass is 32.2. The van der Waals surface area contributed by atoms with E-state index in [4.69, 9.17) is 18.9 Å². The molecule has 58 heavy (non-hydrogen) atoms. The molecule has 1 aliphatic heterocycles. The van der Waals surface area contributed by atoms with Gasteiger partial charge in [0.15, 0.2) is 12.4 Å². The second-order valence-electron chi connectivity index (χ2n) is 16.4. The molecule has 0 aromatic carbocycles. The lowest BCUT2D eigenvalue weighted by atomic mass is 10.00. The molecule has 4 N–H and O–H groups in total. The Morgan fingerprint density at radius 2 is 1.00 bits per heavy atom. The second kappa shape index (κ2) is 36.1. The summed E-state index contributed by atoms with van der Waals surface area (Å²) in [5.74, 6) is -1.98. The fourth-order valence-corrected chi connectivity index (χ4v) is 7.88. The van der Waals surface area contributed by atoms with Gasteiger partial charge in [0.2, 0.25) is 0 Å². The van der Waals surface area contributed by atoms with Crippen molar-refractivity contribution in [3.05, 3.63) is 12.2 Å². The van der Waals surface area contributed by atoms with Gasteiger partial charge < -0.3 is 34.3 Å². The van der Waals surface area contributed by atoms with E-state index in [1.807, 2.05) is 0 Å². The largest absolute Gasteiger partial charge is 0.462 e. The summed E-state index contributed by atoms with van der Waals surface area (Å²) in [6.07, 6.45) is 28.4. The van der Waals surface area contributed by atoms with E-state index < -0.39 is 71.2 Å². The predicted molar refractivity (Wildman–Crippen MR) is 229 cm³/mol. The third-order valence-corrected chi connectivity index (χ3v) is 11.6. The zero-order chi connectivity index (χ0) is 42.7. The summed E-state index contributed by atoms with van der Waals surface area (Å²) in [5, 5.41) is 30.9. The Bertz CT molecular complexity index is 1130. The van der Waals surface area contributed by atoms with Crippen LogP contribution in [0.5, 0.6) is 0 Å². The molecule has 1 fully saturated rings. The van der Waals surface area contributed by atoms with Crippen LogP contribution in [0.1, 0.15) is 206 Å². The summed E-state index contributed by atoms with van der Waals surface area (Å²) in [7, 11) is -4.60. The molecule has 0 amide bonds. The lowest BCUT2D eigenvalue weighted by molar-refractivity contribution is -0.297. The molecule has 1 aliphatic rings. The van der Waals surface area contributed by atoms with Gasteiger partial charge in [-0.2, -0.15) is 8.42 Å². The first-order valence-corrected chi connectivity index (χ1v) is 24.9. The molecule has 0 aliphatic carbocycles. The number of aliphatic hydroxyl groups is 3. The van der Waals surface area contributed by atoms with Gasteiger partial charge >= 0.3 is 11.9 Å². The molecule has 1 saturated heterocycles. The molecule has 0 spiro atoms. The summed E-state index contributed by atoms with van der Waals surface area (Å²) in [4.78, 5) is 25.4. The number of carbonyl (C=O) groups excluding carboxylic acids is 2. The van der Waals surface area contributed by atoms with Crippen molar-refractivity contribution in [3.8, 4) is 0 Å². The summed E-state index contributed by atoms with van der Waals surface area (Å²) in [6, 6.07) is 0. The topological polar surface area (TPSA) is 186 Å². The molecular formula is C45H84O12S. The molecule has 0 aromatic heterocycles. The van der Waals surface area contributed by atoms with Crippen LogP contribution in [0.15, 0.2) is 12.2 Å². The van der Waals surface area contributed by atoms with E-state index in [1.165, 1.54) is 109 Å². The maximum Gasteiger partial charge on any atom is 0.306 e. The molecule has 342 valence electrons.